The third-order valence-corrected chi connectivity index (χ3v) is 6.65. The minimum atomic E-state index is 0.188. The van der Waals surface area contributed by atoms with Gasteiger partial charge in [-0.3, -0.25) is 9.69 Å². The second kappa shape index (κ2) is 8.31. The molecule has 0 unspecified atom stereocenters. The zero-order chi connectivity index (χ0) is 21.4. The number of benzene rings is 2. The molecule has 5 heteroatoms. The predicted molar refractivity (Wildman–Crippen MR) is 125 cm³/mol. The number of Topliss-reactive ketones (excluding diaryl/α,β-unsaturated/α-hetero) is 1. The first kappa shape index (κ1) is 20.0. The van der Waals surface area contributed by atoms with Gasteiger partial charge < -0.3 is 9.97 Å². The molecule has 2 aromatic carbocycles. The quantitative estimate of drug-likeness (QED) is 0.463. The summed E-state index contributed by atoms with van der Waals surface area (Å²) in [7, 11) is 0. The minimum Gasteiger partial charge on any atom is -0.361 e. The van der Waals surface area contributed by atoms with Crippen LogP contribution in [0.3, 0.4) is 0 Å². The number of carbonyl (C=O) groups excluding carboxylic acids is 1. The van der Waals surface area contributed by atoms with Gasteiger partial charge in [0.1, 0.15) is 11.6 Å². The number of H-pyrrole nitrogens is 2. The summed E-state index contributed by atoms with van der Waals surface area (Å²) in [6, 6.07) is 12.8. The lowest BCUT2D eigenvalue weighted by Gasteiger charge is -2.31. The molecule has 4 aromatic rings. The van der Waals surface area contributed by atoms with E-state index in [9.17, 15) is 4.79 Å². The Bertz CT molecular complexity index is 1230. The third-order valence-electron chi connectivity index (χ3n) is 6.65. The summed E-state index contributed by atoms with van der Waals surface area (Å²) in [6.07, 6.45) is 5.32. The van der Waals surface area contributed by atoms with Crippen LogP contribution in [-0.2, 0) is 17.8 Å². The Kier molecular flexibility index (Phi) is 5.36. The highest BCUT2D eigenvalue weighted by Gasteiger charge is 2.25. The fourth-order valence-corrected chi connectivity index (χ4v) is 4.82. The average molecular weight is 415 g/mol. The van der Waals surface area contributed by atoms with E-state index in [0.717, 1.165) is 49.3 Å². The number of rotatable bonds is 6. The molecule has 2 aromatic heterocycles. The Morgan fingerprint density at radius 1 is 1.06 bits per heavy atom. The monoisotopic (exact) mass is 414 g/mol. The number of imidazole rings is 1. The van der Waals surface area contributed by atoms with Gasteiger partial charge in [-0.1, -0.05) is 17.7 Å². The van der Waals surface area contributed by atoms with Crippen molar-refractivity contribution in [2.75, 3.05) is 13.1 Å². The van der Waals surface area contributed by atoms with Crippen molar-refractivity contribution in [3.05, 3.63) is 65.1 Å². The van der Waals surface area contributed by atoms with Crippen molar-refractivity contribution in [3.63, 3.8) is 0 Å². The van der Waals surface area contributed by atoms with E-state index in [-0.39, 0.29) is 5.92 Å². The number of nitrogens with one attached hydrogen (secondary N) is 2. The maximum Gasteiger partial charge on any atom is 0.136 e. The summed E-state index contributed by atoms with van der Waals surface area (Å²) in [4.78, 5) is 26.7. The van der Waals surface area contributed by atoms with Crippen LogP contribution in [0, 0.1) is 19.8 Å². The zero-order valence-electron chi connectivity index (χ0n) is 18.4. The Morgan fingerprint density at radius 3 is 2.68 bits per heavy atom. The minimum absolute atomic E-state index is 0.188. The SMILES string of the molecule is Cc1ccc2nc(CCC(=O)C3CCN(Cc4c[nH]c5ccc(C)cc45)CC3)[nH]c2c1. The highest BCUT2D eigenvalue weighted by Crippen LogP contribution is 2.25. The summed E-state index contributed by atoms with van der Waals surface area (Å²) in [5.74, 6) is 1.49. The molecule has 0 radical (unpaired) electrons. The van der Waals surface area contributed by atoms with Gasteiger partial charge in [-0.15, -0.1) is 0 Å². The predicted octanol–water partition coefficient (Wildman–Crippen LogP) is 5.07. The van der Waals surface area contributed by atoms with Gasteiger partial charge in [-0.2, -0.15) is 0 Å². The molecule has 31 heavy (non-hydrogen) atoms. The molecular weight excluding hydrogens is 384 g/mol. The Balaban J connectivity index is 1.14. The molecule has 1 aliphatic rings. The number of nitrogens with zero attached hydrogens (tertiary/aromatic N) is 2. The van der Waals surface area contributed by atoms with Crippen molar-refractivity contribution in [3.8, 4) is 0 Å². The highest BCUT2D eigenvalue weighted by atomic mass is 16.1. The maximum atomic E-state index is 12.8. The number of carbonyl (C=O) groups is 1. The lowest BCUT2D eigenvalue weighted by molar-refractivity contribution is -0.124. The van der Waals surface area contributed by atoms with E-state index >= 15 is 0 Å². The van der Waals surface area contributed by atoms with Gasteiger partial charge in [-0.25, -0.2) is 4.98 Å². The standard InChI is InChI=1S/C26H30N4O/c1-17-3-5-22-21(13-17)20(15-27-22)16-30-11-9-19(10-12-30)25(31)7-8-26-28-23-6-4-18(2)14-24(23)29-26/h3-6,13-15,19,27H,7-12,16H2,1-2H3,(H,28,29). The van der Waals surface area contributed by atoms with Crippen LogP contribution in [0.5, 0.6) is 0 Å². The molecule has 3 heterocycles. The summed E-state index contributed by atoms with van der Waals surface area (Å²) in [5.41, 5.74) is 7.10. The lowest BCUT2D eigenvalue weighted by Crippen LogP contribution is -2.36. The van der Waals surface area contributed by atoms with Crippen LogP contribution in [0.25, 0.3) is 21.9 Å². The molecule has 5 nitrogen and oxygen atoms in total. The lowest BCUT2D eigenvalue weighted by atomic mass is 9.90. The van der Waals surface area contributed by atoms with E-state index in [2.05, 4.69) is 70.2 Å². The molecule has 160 valence electrons. The Hall–Kier alpha value is -2.92. The van der Waals surface area contributed by atoms with Gasteiger partial charge in [0, 0.05) is 42.4 Å². The largest absolute Gasteiger partial charge is 0.361 e. The van der Waals surface area contributed by atoms with Crippen molar-refractivity contribution in [1.82, 2.24) is 19.9 Å². The van der Waals surface area contributed by atoms with Gasteiger partial charge in [0.05, 0.1) is 11.0 Å². The first-order valence-corrected chi connectivity index (χ1v) is 11.3. The molecule has 0 aliphatic carbocycles. The number of aromatic amines is 2. The summed E-state index contributed by atoms with van der Waals surface area (Å²) < 4.78 is 0. The van der Waals surface area contributed by atoms with Crippen molar-refractivity contribution >= 4 is 27.7 Å². The van der Waals surface area contributed by atoms with Crippen molar-refractivity contribution in [2.45, 2.75) is 46.1 Å². The van der Waals surface area contributed by atoms with Crippen LogP contribution in [-0.4, -0.2) is 38.7 Å². The molecule has 1 aliphatic heterocycles. The average Bonchev–Trinajstić information content (AvgIpc) is 3.35. The molecule has 1 fully saturated rings. The first-order valence-electron chi connectivity index (χ1n) is 11.3. The fourth-order valence-electron chi connectivity index (χ4n) is 4.82. The van der Waals surface area contributed by atoms with Crippen LogP contribution in [0.15, 0.2) is 42.6 Å². The second-order valence-electron chi connectivity index (χ2n) is 9.08. The number of aromatic nitrogens is 3. The molecule has 2 N–H and O–H groups in total. The molecule has 0 bridgehead atoms. The number of aryl methyl sites for hydroxylation is 3. The van der Waals surface area contributed by atoms with E-state index in [1.54, 1.807) is 0 Å². The van der Waals surface area contributed by atoms with E-state index < -0.39 is 0 Å². The highest BCUT2D eigenvalue weighted by molar-refractivity contribution is 5.84. The van der Waals surface area contributed by atoms with E-state index in [1.165, 1.54) is 27.6 Å². The topological polar surface area (TPSA) is 64.8 Å². The number of hydrogen-bond acceptors (Lipinski definition) is 3. The smallest absolute Gasteiger partial charge is 0.136 e. The van der Waals surface area contributed by atoms with Crippen molar-refractivity contribution < 1.29 is 4.79 Å². The van der Waals surface area contributed by atoms with Crippen LogP contribution in [0.2, 0.25) is 0 Å². The van der Waals surface area contributed by atoms with Crippen LogP contribution in [0.4, 0.5) is 0 Å². The van der Waals surface area contributed by atoms with Gasteiger partial charge in [-0.05, 0) is 75.2 Å². The fraction of sp³-hybridized carbons (Fsp3) is 0.385. The maximum absolute atomic E-state index is 12.8. The van der Waals surface area contributed by atoms with E-state index in [0.29, 0.717) is 18.6 Å². The normalized spacial score (nSPS) is 15.8. The number of ketones is 1. The number of piperidine rings is 1. The number of likely N-dealkylation sites (tertiary alicyclic amines) is 1. The van der Waals surface area contributed by atoms with Crippen molar-refractivity contribution in [1.29, 1.82) is 0 Å². The summed E-state index contributed by atoms with van der Waals surface area (Å²) in [5, 5.41) is 1.32. The summed E-state index contributed by atoms with van der Waals surface area (Å²) >= 11 is 0. The van der Waals surface area contributed by atoms with Crippen molar-refractivity contribution in [2.24, 2.45) is 5.92 Å². The van der Waals surface area contributed by atoms with Gasteiger partial charge in [0.25, 0.3) is 0 Å². The zero-order valence-corrected chi connectivity index (χ0v) is 18.4. The molecule has 0 saturated carbocycles. The molecule has 5 rings (SSSR count). The number of hydrogen-bond donors (Lipinski definition) is 2. The van der Waals surface area contributed by atoms with Crippen LogP contribution in [0.1, 0.15) is 41.8 Å². The molecule has 0 atom stereocenters. The second-order valence-corrected chi connectivity index (χ2v) is 9.08. The Labute approximate surface area is 182 Å². The van der Waals surface area contributed by atoms with E-state index in [1.807, 2.05) is 6.07 Å². The van der Waals surface area contributed by atoms with Gasteiger partial charge in [0.2, 0.25) is 0 Å². The molecule has 0 spiro atoms. The van der Waals surface area contributed by atoms with Gasteiger partial charge >= 0.3 is 0 Å². The van der Waals surface area contributed by atoms with Crippen LogP contribution >= 0.6 is 0 Å². The molecule has 0 amide bonds. The molecular formula is C26H30N4O. The summed E-state index contributed by atoms with van der Waals surface area (Å²) in [6.45, 7) is 7.13. The Morgan fingerprint density at radius 2 is 1.84 bits per heavy atom. The van der Waals surface area contributed by atoms with Gasteiger partial charge in [0.15, 0.2) is 0 Å². The van der Waals surface area contributed by atoms with Crippen LogP contribution < -0.4 is 0 Å². The third kappa shape index (κ3) is 4.28. The molecule has 1 saturated heterocycles. The van der Waals surface area contributed by atoms with E-state index in [4.69, 9.17) is 0 Å². The number of fused-ring (bicyclic) bond motifs is 2. The first-order chi connectivity index (χ1) is 15.0.